The van der Waals surface area contributed by atoms with Crippen LogP contribution in [0.5, 0.6) is 0 Å². The third kappa shape index (κ3) is 9.19. The first kappa shape index (κ1) is 46.2. The van der Waals surface area contributed by atoms with Crippen molar-refractivity contribution in [2.75, 3.05) is 58.1 Å². The van der Waals surface area contributed by atoms with Crippen LogP contribution in [-0.4, -0.2) is 119 Å². The molecule has 0 bridgehead atoms. The van der Waals surface area contributed by atoms with E-state index in [4.69, 9.17) is 10.7 Å². The molecule has 3 amide bonds. The van der Waals surface area contributed by atoms with Gasteiger partial charge in [0.25, 0.3) is 5.91 Å². The van der Waals surface area contributed by atoms with E-state index in [1.54, 1.807) is 4.57 Å². The zero-order valence-electron chi connectivity index (χ0n) is 40.9. The van der Waals surface area contributed by atoms with Gasteiger partial charge < -0.3 is 15.2 Å². The third-order valence-electron chi connectivity index (χ3n) is 16.5. The first-order valence-corrected chi connectivity index (χ1v) is 25.8. The van der Waals surface area contributed by atoms with E-state index >= 15 is 0 Å². The van der Waals surface area contributed by atoms with E-state index in [2.05, 4.69) is 104 Å². The minimum Gasteiger partial charge on any atom is -0.384 e. The number of fused-ring (bicyclic) bond motifs is 2. The normalized spacial score (nSPS) is 22.0. The summed E-state index contributed by atoms with van der Waals surface area (Å²) in [4.78, 5) is 71.2. The van der Waals surface area contributed by atoms with Crippen molar-refractivity contribution in [1.29, 1.82) is 0 Å². The van der Waals surface area contributed by atoms with Crippen LogP contribution in [0.25, 0.3) is 33.2 Å². The number of benzene rings is 2. The lowest BCUT2D eigenvalue weighted by Gasteiger charge is -2.42. The molecular formula is C55H67N11O4. The van der Waals surface area contributed by atoms with Crippen LogP contribution in [0.3, 0.4) is 0 Å². The summed E-state index contributed by atoms with van der Waals surface area (Å²) in [6.07, 6.45) is 10.7. The fraction of sp³-hybridized carbons (Fsp3) is 0.491. The number of nitrogens with two attached hydrogens (primary N) is 1. The largest absolute Gasteiger partial charge is 0.384 e. The predicted octanol–water partition coefficient (Wildman–Crippen LogP) is 6.72. The summed E-state index contributed by atoms with van der Waals surface area (Å²) in [6.45, 7) is 13.7. The van der Waals surface area contributed by atoms with Gasteiger partial charge in [0.15, 0.2) is 0 Å². The molecule has 0 spiro atoms. The van der Waals surface area contributed by atoms with Crippen molar-refractivity contribution in [3.8, 4) is 11.1 Å². The number of piperazine rings is 1. The molecule has 5 aliphatic rings. The van der Waals surface area contributed by atoms with E-state index in [1.807, 2.05) is 35.2 Å². The molecule has 6 aromatic rings. The molecule has 5 fully saturated rings. The average Bonchev–Trinajstić information content (AvgIpc) is 4.08. The predicted molar refractivity (Wildman–Crippen MR) is 272 cm³/mol. The number of aromatic nitrogens is 5. The lowest BCUT2D eigenvalue weighted by atomic mass is 9.88. The van der Waals surface area contributed by atoms with Crippen molar-refractivity contribution < 1.29 is 14.4 Å². The number of carbonyl (C=O) groups is 3. The number of nitrogens with zero attached hydrogens (tertiary/aromatic N) is 9. The molecule has 3 N–H and O–H groups in total. The molecule has 8 heterocycles. The SMILES string of the molecule is C[C@H]1CN(Cc2ccc3c(c2)n(CC2CC2)c(=O)n3C2CCC(=O)NC2=O)CCN1CC1CCN(C(=O)c2ccc(C3CCN([C@@H](C)c4cc5c(-c6ccc(N)nc6)ccnc5n4C)CC3)cc2)CC1. The maximum atomic E-state index is 13.8. The first-order chi connectivity index (χ1) is 33.9. The highest BCUT2D eigenvalue weighted by Crippen LogP contribution is 2.37. The number of anilines is 1. The summed E-state index contributed by atoms with van der Waals surface area (Å²) in [5.41, 5.74) is 15.0. The molecular weight excluding hydrogens is 879 g/mol. The number of likely N-dealkylation sites (tertiary alicyclic amines) is 2. The van der Waals surface area contributed by atoms with E-state index in [-0.39, 0.29) is 30.0 Å². The fourth-order valence-electron chi connectivity index (χ4n) is 12.1. The van der Waals surface area contributed by atoms with Crippen LogP contribution in [0, 0.1) is 11.8 Å². The van der Waals surface area contributed by atoms with Gasteiger partial charge in [-0.25, -0.2) is 14.8 Å². The highest BCUT2D eigenvalue weighted by molar-refractivity contribution is 6.00. The van der Waals surface area contributed by atoms with Gasteiger partial charge in [-0.3, -0.25) is 43.5 Å². The second kappa shape index (κ2) is 19.2. The Balaban J connectivity index is 0.646. The number of hydrogen-bond acceptors (Lipinski definition) is 10. The Labute approximate surface area is 409 Å². The number of imidazole rings is 1. The molecule has 15 nitrogen and oxygen atoms in total. The number of pyridine rings is 2. The molecule has 2 aromatic carbocycles. The summed E-state index contributed by atoms with van der Waals surface area (Å²) in [7, 11) is 2.12. The van der Waals surface area contributed by atoms with Gasteiger partial charge in [-0.15, -0.1) is 0 Å². The standard InChI is InChI=1S/C55H67N11O4/c1-35-31-61(32-39-6-12-46-49(28-39)65(34-37-4-5-37)55(70)66(46)47-13-15-51(67)59-53(47)68)26-27-64(35)33-38-17-22-63(23-18-38)54(69)42-9-7-40(8-10-42)41-19-24-62(25-20-41)36(2)48-29-45-44(16-21-57-52(45)60(48)3)43-11-14-50(56)58-30-43/h6-12,14,16,21,28-30,35-38,41,47H,4-5,13,15,17-20,22-27,31-34H2,1-3H3,(H2,56,58)(H,59,67,68)/t35-,36-,47?/m0/s1. The van der Waals surface area contributed by atoms with Gasteiger partial charge in [0.2, 0.25) is 11.8 Å². The van der Waals surface area contributed by atoms with Gasteiger partial charge in [0, 0.05) is 113 Å². The fourth-order valence-corrected chi connectivity index (χ4v) is 12.1. The first-order valence-electron chi connectivity index (χ1n) is 25.8. The van der Waals surface area contributed by atoms with Crippen molar-refractivity contribution in [1.82, 2.24) is 48.6 Å². The molecule has 0 radical (unpaired) electrons. The molecule has 4 aromatic heterocycles. The van der Waals surface area contributed by atoms with Gasteiger partial charge in [-0.2, -0.15) is 0 Å². The van der Waals surface area contributed by atoms with Crippen molar-refractivity contribution in [2.24, 2.45) is 18.9 Å². The summed E-state index contributed by atoms with van der Waals surface area (Å²) in [5.74, 6) is 1.52. The lowest BCUT2D eigenvalue weighted by molar-refractivity contribution is -0.135. The molecule has 15 heteroatoms. The molecule has 3 atom stereocenters. The smallest absolute Gasteiger partial charge is 0.329 e. The molecule has 11 rings (SSSR count). The Morgan fingerprint density at radius 1 is 0.814 bits per heavy atom. The average molecular weight is 946 g/mol. The monoisotopic (exact) mass is 946 g/mol. The summed E-state index contributed by atoms with van der Waals surface area (Å²) >= 11 is 0. The Bertz CT molecular complexity index is 2970. The number of nitrogens with one attached hydrogen (secondary N) is 1. The molecule has 366 valence electrons. The van der Waals surface area contributed by atoms with Crippen molar-refractivity contribution in [2.45, 2.75) is 102 Å². The number of carbonyl (C=O) groups excluding carboxylic acids is 3. The Morgan fingerprint density at radius 2 is 1.59 bits per heavy atom. The molecule has 70 heavy (non-hydrogen) atoms. The van der Waals surface area contributed by atoms with Crippen LogP contribution in [0.2, 0.25) is 0 Å². The maximum absolute atomic E-state index is 13.8. The van der Waals surface area contributed by atoms with Crippen LogP contribution in [0.1, 0.15) is 110 Å². The van der Waals surface area contributed by atoms with Crippen LogP contribution in [0.15, 0.2) is 83.9 Å². The maximum Gasteiger partial charge on any atom is 0.329 e. The quantitative estimate of drug-likeness (QED) is 0.126. The van der Waals surface area contributed by atoms with Gasteiger partial charge >= 0.3 is 5.69 Å². The lowest BCUT2D eigenvalue weighted by Crippen LogP contribution is -2.53. The Hall–Kier alpha value is -6.16. The summed E-state index contributed by atoms with van der Waals surface area (Å²) in [6, 6.07) is 22.9. The van der Waals surface area contributed by atoms with Gasteiger partial charge in [0.05, 0.1) is 11.0 Å². The van der Waals surface area contributed by atoms with Crippen molar-refractivity contribution in [3.05, 3.63) is 112 Å². The Kier molecular flexibility index (Phi) is 12.7. The number of rotatable bonds is 12. The number of piperidine rings is 3. The topological polar surface area (TPSA) is 160 Å². The molecule has 1 unspecified atom stereocenters. The second-order valence-corrected chi connectivity index (χ2v) is 21.1. The number of aryl methyl sites for hydroxylation is 1. The summed E-state index contributed by atoms with van der Waals surface area (Å²) < 4.78 is 5.72. The van der Waals surface area contributed by atoms with Gasteiger partial charge in [0.1, 0.15) is 17.5 Å². The summed E-state index contributed by atoms with van der Waals surface area (Å²) in [5, 5.41) is 3.56. The third-order valence-corrected chi connectivity index (χ3v) is 16.5. The molecule has 4 aliphatic heterocycles. The highest BCUT2D eigenvalue weighted by Gasteiger charge is 2.35. The molecule has 4 saturated heterocycles. The number of hydrogen-bond donors (Lipinski definition) is 2. The zero-order valence-corrected chi connectivity index (χ0v) is 40.9. The van der Waals surface area contributed by atoms with E-state index in [1.165, 1.54) is 11.3 Å². The number of imide groups is 1. The van der Waals surface area contributed by atoms with Crippen molar-refractivity contribution in [3.63, 3.8) is 0 Å². The van der Waals surface area contributed by atoms with Gasteiger partial charge in [-0.1, -0.05) is 18.2 Å². The van der Waals surface area contributed by atoms with E-state index in [9.17, 15) is 19.2 Å². The second-order valence-electron chi connectivity index (χ2n) is 21.1. The van der Waals surface area contributed by atoms with E-state index in [0.717, 1.165) is 142 Å². The van der Waals surface area contributed by atoms with E-state index in [0.29, 0.717) is 42.6 Å². The molecule has 1 saturated carbocycles. The van der Waals surface area contributed by atoms with Crippen molar-refractivity contribution >= 4 is 45.6 Å². The van der Waals surface area contributed by atoms with Crippen LogP contribution >= 0.6 is 0 Å². The number of nitrogen functional groups attached to an aromatic ring is 1. The van der Waals surface area contributed by atoms with Gasteiger partial charge in [-0.05, 0) is 155 Å². The zero-order chi connectivity index (χ0) is 48.2. The molecule has 1 aliphatic carbocycles. The minimum absolute atomic E-state index is 0.145. The van der Waals surface area contributed by atoms with E-state index < -0.39 is 11.9 Å². The highest BCUT2D eigenvalue weighted by atomic mass is 16.2. The number of amides is 3. The van der Waals surface area contributed by atoms with Crippen LogP contribution < -0.4 is 16.7 Å². The minimum atomic E-state index is -0.674. The van der Waals surface area contributed by atoms with Crippen LogP contribution in [0.4, 0.5) is 5.82 Å². The Morgan fingerprint density at radius 3 is 2.30 bits per heavy atom. The van der Waals surface area contributed by atoms with Crippen LogP contribution in [-0.2, 0) is 29.7 Å².